The highest BCUT2D eigenvalue weighted by Crippen LogP contribution is 2.27. The molecule has 24 heavy (non-hydrogen) atoms. The van der Waals surface area contributed by atoms with E-state index in [-0.39, 0.29) is 31.0 Å². The number of nitro benzene ring substituents is 1. The zero-order chi connectivity index (χ0) is 17.6. The second-order valence-electron chi connectivity index (χ2n) is 5.13. The number of benzene rings is 2. The van der Waals surface area contributed by atoms with Crippen LogP contribution in [0.5, 0.6) is 0 Å². The summed E-state index contributed by atoms with van der Waals surface area (Å²) in [5.41, 5.74) is 0.303. The summed E-state index contributed by atoms with van der Waals surface area (Å²) in [5, 5.41) is 20.2. The summed E-state index contributed by atoms with van der Waals surface area (Å²) in [6, 6.07) is 14.2. The molecular formula is C16H18N2O5S. The van der Waals surface area contributed by atoms with Crippen molar-refractivity contribution in [2.24, 2.45) is 0 Å². The van der Waals surface area contributed by atoms with Crippen LogP contribution < -0.4 is 0 Å². The molecule has 0 radical (unpaired) electrons. The van der Waals surface area contributed by atoms with Gasteiger partial charge in [-0.15, -0.1) is 0 Å². The lowest BCUT2D eigenvalue weighted by atomic mass is 10.2. The van der Waals surface area contributed by atoms with Crippen LogP contribution in [0.25, 0.3) is 0 Å². The summed E-state index contributed by atoms with van der Waals surface area (Å²) in [7, 11) is -4.07. The predicted molar refractivity (Wildman–Crippen MR) is 88.8 cm³/mol. The fourth-order valence-electron chi connectivity index (χ4n) is 2.28. The summed E-state index contributed by atoms with van der Waals surface area (Å²) in [6.07, 6.45) is 0.243. The van der Waals surface area contributed by atoms with Gasteiger partial charge in [0.15, 0.2) is 4.90 Å². The summed E-state index contributed by atoms with van der Waals surface area (Å²) >= 11 is 0. The fourth-order valence-corrected chi connectivity index (χ4v) is 3.91. The normalized spacial score (nSPS) is 11.6. The third-order valence-electron chi connectivity index (χ3n) is 3.45. The molecule has 0 spiro atoms. The summed E-state index contributed by atoms with van der Waals surface area (Å²) in [4.78, 5) is 10.1. The molecule has 0 bridgehead atoms. The van der Waals surface area contributed by atoms with Crippen LogP contribution in [0.2, 0.25) is 0 Å². The maximum absolute atomic E-state index is 12.9. The number of nitro groups is 1. The Labute approximate surface area is 140 Å². The molecule has 8 heteroatoms. The Morgan fingerprint density at radius 3 is 2.29 bits per heavy atom. The van der Waals surface area contributed by atoms with Gasteiger partial charge in [-0.1, -0.05) is 42.5 Å². The molecule has 0 aromatic heterocycles. The van der Waals surface area contributed by atoms with E-state index in [0.29, 0.717) is 0 Å². The van der Waals surface area contributed by atoms with Gasteiger partial charge in [0.2, 0.25) is 10.0 Å². The molecule has 1 N–H and O–H groups in total. The Morgan fingerprint density at radius 2 is 1.67 bits per heavy atom. The lowest BCUT2D eigenvalue weighted by Gasteiger charge is -2.22. The van der Waals surface area contributed by atoms with Crippen molar-refractivity contribution in [3.63, 3.8) is 0 Å². The predicted octanol–water partition coefficient (Wildman–Crippen LogP) is 2.17. The van der Waals surface area contributed by atoms with Gasteiger partial charge >= 0.3 is 0 Å². The van der Waals surface area contributed by atoms with Gasteiger partial charge in [-0.25, -0.2) is 8.42 Å². The highest BCUT2D eigenvalue weighted by atomic mass is 32.2. The van der Waals surface area contributed by atoms with E-state index in [9.17, 15) is 18.5 Å². The molecule has 2 aromatic rings. The van der Waals surface area contributed by atoms with Crippen LogP contribution in [-0.2, 0) is 16.6 Å². The number of hydrogen-bond donors (Lipinski definition) is 1. The molecule has 0 atom stereocenters. The van der Waals surface area contributed by atoms with E-state index in [1.165, 1.54) is 24.3 Å². The molecule has 0 aliphatic rings. The molecular weight excluding hydrogens is 332 g/mol. The molecule has 0 saturated carbocycles. The molecule has 0 unspecified atom stereocenters. The van der Waals surface area contributed by atoms with Crippen molar-refractivity contribution in [3.05, 3.63) is 70.3 Å². The van der Waals surface area contributed by atoms with Crippen LogP contribution in [0.15, 0.2) is 59.5 Å². The first-order chi connectivity index (χ1) is 11.5. The Morgan fingerprint density at radius 1 is 1.04 bits per heavy atom. The first-order valence-corrected chi connectivity index (χ1v) is 8.79. The van der Waals surface area contributed by atoms with Gasteiger partial charge in [-0.3, -0.25) is 10.1 Å². The minimum absolute atomic E-state index is 0.0692. The van der Waals surface area contributed by atoms with E-state index in [1.807, 2.05) is 6.07 Å². The molecule has 0 aliphatic carbocycles. The number of sulfonamides is 1. The minimum atomic E-state index is -4.07. The highest BCUT2D eigenvalue weighted by molar-refractivity contribution is 7.89. The largest absolute Gasteiger partial charge is 0.396 e. The number of aliphatic hydroxyl groups excluding tert-OH is 1. The smallest absolute Gasteiger partial charge is 0.289 e. The van der Waals surface area contributed by atoms with Gasteiger partial charge in [0, 0.05) is 25.8 Å². The molecule has 0 amide bonds. The number of aliphatic hydroxyl groups is 1. The molecule has 2 rings (SSSR count). The molecule has 0 saturated heterocycles. The first-order valence-electron chi connectivity index (χ1n) is 7.35. The van der Waals surface area contributed by atoms with Gasteiger partial charge in [0.05, 0.1) is 4.92 Å². The Bertz CT molecular complexity index is 793. The minimum Gasteiger partial charge on any atom is -0.396 e. The second kappa shape index (κ2) is 8.00. The number of para-hydroxylation sites is 1. The van der Waals surface area contributed by atoms with E-state index >= 15 is 0 Å². The van der Waals surface area contributed by atoms with E-state index in [1.54, 1.807) is 24.3 Å². The van der Waals surface area contributed by atoms with Crippen LogP contribution in [0.4, 0.5) is 5.69 Å². The third-order valence-corrected chi connectivity index (χ3v) is 5.34. The quantitative estimate of drug-likeness (QED) is 0.581. The SMILES string of the molecule is O=[N+]([O-])c1ccccc1S(=O)(=O)N(CCCO)Cc1ccccc1. The average molecular weight is 350 g/mol. The Kier molecular flexibility index (Phi) is 6.02. The topological polar surface area (TPSA) is 101 Å². The van der Waals surface area contributed by atoms with Crippen molar-refractivity contribution in [2.45, 2.75) is 17.9 Å². The zero-order valence-corrected chi connectivity index (χ0v) is 13.7. The fraction of sp³-hybridized carbons (Fsp3) is 0.250. The Balaban J connectivity index is 2.42. The molecule has 128 valence electrons. The van der Waals surface area contributed by atoms with Gasteiger partial charge in [0.25, 0.3) is 5.69 Å². The van der Waals surface area contributed by atoms with E-state index < -0.39 is 20.6 Å². The third kappa shape index (κ3) is 4.16. The summed E-state index contributed by atoms with van der Waals surface area (Å²) in [5.74, 6) is 0. The van der Waals surface area contributed by atoms with Crippen molar-refractivity contribution in [1.82, 2.24) is 4.31 Å². The number of rotatable bonds is 8. The number of hydrogen-bond acceptors (Lipinski definition) is 5. The van der Waals surface area contributed by atoms with Crippen molar-refractivity contribution in [1.29, 1.82) is 0 Å². The monoisotopic (exact) mass is 350 g/mol. The van der Waals surface area contributed by atoms with Crippen LogP contribution >= 0.6 is 0 Å². The van der Waals surface area contributed by atoms with Crippen LogP contribution in [0.3, 0.4) is 0 Å². The van der Waals surface area contributed by atoms with Gasteiger partial charge in [-0.2, -0.15) is 4.31 Å². The maximum atomic E-state index is 12.9. The molecule has 2 aromatic carbocycles. The molecule has 0 heterocycles. The second-order valence-corrected chi connectivity index (χ2v) is 7.03. The number of nitrogens with zero attached hydrogens (tertiary/aromatic N) is 2. The van der Waals surface area contributed by atoms with Gasteiger partial charge in [-0.05, 0) is 18.1 Å². The molecule has 7 nitrogen and oxygen atoms in total. The van der Waals surface area contributed by atoms with Crippen molar-refractivity contribution in [2.75, 3.05) is 13.2 Å². The summed E-state index contributed by atoms with van der Waals surface area (Å²) < 4.78 is 27.0. The Hall–Kier alpha value is -2.29. The van der Waals surface area contributed by atoms with E-state index in [4.69, 9.17) is 5.11 Å². The lowest BCUT2D eigenvalue weighted by Crippen LogP contribution is -2.32. The van der Waals surface area contributed by atoms with Crippen LogP contribution in [0, 0.1) is 10.1 Å². The maximum Gasteiger partial charge on any atom is 0.289 e. The van der Waals surface area contributed by atoms with Gasteiger partial charge < -0.3 is 5.11 Å². The van der Waals surface area contributed by atoms with Crippen molar-refractivity contribution in [3.8, 4) is 0 Å². The van der Waals surface area contributed by atoms with Crippen LogP contribution in [-0.4, -0.2) is 35.9 Å². The van der Waals surface area contributed by atoms with E-state index in [2.05, 4.69) is 0 Å². The van der Waals surface area contributed by atoms with Crippen molar-refractivity contribution < 1.29 is 18.4 Å². The summed E-state index contributed by atoms with van der Waals surface area (Å²) in [6.45, 7) is -0.0211. The van der Waals surface area contributed by atoms with Crippen LogP contribution in [0.1, 0.15) is 12.0 Å². The van der Waals surface area contributed by atoms with Crippen molar-refractivity contribution >= 4 is 15.7 Å². The van der Waals surface area contributed by atoms with Gasteiger partial charge in [0.1, 0.15) is 0 Å². The average Bonchev–Trinajstić information content (AvgIpc) is 2.59. The lowest BCUT2D eigenvalue weighted by molar-refractivity contribution is -0.387. The highest BCUT2D eigenvalue weighted by Gasteiger charge is 2.31. The zero-order valence-electron chi connectivity index (χ0n) is 12.9. The standard InChI is InChI=1S/C16H18N2O5S/c19-12-6-11-17(13-14-7-2-1-3-8-14)24(22,23)16-10-5-4-9-15(16)18(20)21/h1-5,7-10,19H,6,11-13H2. The first kappa shape index (κ1) is 18.1. The van der Waals surface area contributed by atoms with E-state index in [0.717, 1.165) is 9.87 Å². The molecule has 0 fully saturated rings. The molecule has 0 aliphatic heterocycles.